The van der Waals surface area contributed by atoms with Crippen molar-refractivity contribution in [3.8, 4) is 0 Å². The zero-order chi connectivity index (χ0) is 12.0. The summed E-state index contributed by atoms with van der Waals surface area (Å²) in [5.74, 6) is 0.0718. The maximum absolute atomic E-state index is 12.0. The topological polar surface area (TPSA) is 37.3 Å². The first-order chi connectivity index (χ1) is 7.54. The number of hydrogen-bond acceptors (Lipinski definition) is 2. The molecule has 2 unspecified atom stereocenters. The first-order valence-electron chi connectivity index (χ1n) is 6.81. The number of carbonyl (C=O) groups is 1. The van der Waals surface area contributed by atoms with E-state index in [0.29, 0.717) is 6.42 Å². The second kappa shape index (κ2) is 6.39. The molecule has 2 nitrogen and oxygen atoms in total. The van der Waals surface area contributed by atoms with E-state index in [9.17, 15) is 9.90 Å². The predicted octanol–water partition coefficient (Wildman–Crippen LogP) is 3.47. The standard InChI is InChI=1S/C14H26O2/c1-12-10-8-6-4-3-5-7-9-11-14(2,16)13(12)15/h12,16H,3-11H2,1-2H3. The van der Waals surface area contributed by atoms with Crippen molar-refractivity contribution in [3.05, 3.63) is 0 Å². The molecule has 0 aromatic carbocycles. The Morgan fingerprint density at radius 3 is 2.19 bits per heavy atom. The van der Waals surface area contributed by atoms with Gasteiger partial charge in [0, 0.05) is 5.92 Å². The van der Waals surface area contributed by atoms with E-state index in [1.54, 1.807) is 6.92 Å². The summed E-state index contributed by atoms with van der Waals surface area (Å²) in [7, 11) is 0. The first-order valence-corrected chi connectivity index (χ1v) is 6.81. The van der Waals surface area contributed by atoms with Gasteiger partial charge in [0.15, 0.2) is 5.78 Å². The highest BCUT2D eigenvalue weighted by atomic mass is 16.3. The van der Waals surface area contributed by atoms with Crippen LogP contribution in [0.1, 0.15) is 71.6 Å². The van der Waals surface area contributed by atoms with E-state index in [0.717, 1.165) is 25.7 Å². The molecule has 0 bridgehead atoms. The number of aliphatic hydroxyl groups is 1. The minimum atomic E-state index is -1.08. The summed E-state index contributed by atoms with van der Waals surface area (Å²) < 4.78 is 0. The fraction of sp³-hybridized carbons (Fsp3) is 0.929. The van der Waals surface area contributed by atoms with Crippen LogP contribution in [0.4, 0.5) is 0 Å². The Balaban J connectivity index is 2.55. The number of Topliss-reactive ketones (excluding diaryl/α,β-unsaturated/α-hetero) is 1. The smallest absolute Gasteiger partial charge is 0.166 e. The van der Waals surface area contributed by atoms with Gasteiger partial charge in [-0.1, -0.05) is 51.9 Å². The van der Waals surface area contributed by atoms with Crippen LogP contribution in [-0.4, -0.2) is 16.5 Å². The molecule has 1 fully saturated rings. The van der Waals surface area contributed by atoms with Crippen LogP contribution in [0.3, 0.4) is 0 Å². The predicted molar refractivity (Wildman–Crippen MR) is 66.3 cm³/mol. The molecule has 0 aromatic rings. The fourth-order valence-corrected chi connectivity index (χ4v) is 2.59. The molecule has 0 heterocycles. The third-order valence-electron chi connectivity index (χ3n) is 3.78. The van der Waals surface area contributed by atoms with Crippen molar-refractivity contribution in [3.63, 3.8) is 0 Å². The summed E-state index contributed by atoms with van der Waals surface area (Å²) in [5, 5.41) is 10.1. The van der Waals surface area contributed by atoms with Crippen LogP contribution in [0.5, 0.6) is 0 Å². The molecular weight excluding hydrogens is 200 g/mol. The van der Waals surface area contributed by atoms with Gasteiger partial charge in [0.05, 0.1) is 0 Å². The summed E-state index contributed by atoms with van der Waals surface area (Å²) in [6, 6.07) is 0. The SMILES string of the molecule is CC1CCCCCCCCCC(C)(O)C1=O. The van der Waals surface area contributed by atoms with Crippen molar-refractivity contribution in [2.75, 3.05) is 0 Å². The maximum atomic E-state index is 12.0. The van der Waals surface area contributed by atoms with Crippen LogP contribution in [0.25, 0.3) is 0 Å². The fourth-order valence-electron chi connectivity index (χ4n) is 2.59. The lowest BCUT2D eigenvalue weighted by Gasteiger charge is -2.25. The lowest BCUT2D eigenvalue weighted by atomic mass is 9.84. The van der Waals surface area contributed by atoms with Gasteiger partial charge in [0.2, 0.25) is 0 Å². The lowest BCUT2D eigenvalue weighted by molar-refractivity contribution is -0.140. The van der Waals surface area contributed by atoms with Gasteiger partial charge < -0.3 is 5.11 Å². The molecule has 0 aromatic heterocycles. The van der Waals surface area contributed by atoms with Gasteiger partial charge in [-0.15, -0.1) is 0 Å². The van der Waals surface area contributed by atoms with Crippen LogP contribution >= 0.6 is 0 Å². The van der Waals surface area contributed by atoms with Crippen molar-refractivity contribution in [2.24, 2.45) is 5.92 Å². The minimum Gasteiger partial charge on any atom is -0.382 e. The molecule has 0 aliphatic heterocycles. The highest BCUT2D eigenvalue weighted by Gasteiger charge is 2.32. The number of ketones is 1. The monoisotopic (exact) mass is 226 g/mol. The Morgan fingerprint density at radius 1 is 1.06 bits per heavy atom. The summed E-state index contributed by atoms with van der Waals surface area (Å²) >= 11 is 0. The van der Waals surface area contributed by atoms with Crippen molar-refractivity contribution in [2.45, 2.75) is 77.2 Å². The van der Waals surface area contributed by atoms with Crippen LogP contribution in [0.2, 0.25) is 0 Å². The quantitative estimate of drug-likeness (QED) is 0.686. The van der Waals surface area contributed by atoms with E-state index in [-0.39, 0.29) is 11.7 Å². The van der Waals surface area contributed by atoms with Gasteiger partial charge >= 0.3 is 0 Å². The zero-order valence-electron chi connectivity index (χ0n) is 10.8. The van der Waals surface area contributed by atoms with Crippen LogP contribution < -0.4 is 0 Å². The van der Waals surface area contributed by atoms with Crippen molar-refractivity contribution >= 4 is 5.78 Å². The van der Waals surface area contributed by atoms with Gasteiger partial charge in [-0.3, -0.25) is 4.79 Å². The minimum absolute atomic E-state index is 0.0226. The molecule has 2 heteroatoms. The van der Waals surface area contributed by atoms with Gasteiger partial charge in [0.1, 0.15) is 5.60 Å². The molecule has 0 radical (unpaired) electrons. The third-order valence-corrected chi connectivity index (χ3v) is 3.78. The Bertz CT molecular complexity index is 221. The Hall–Kier alpha value is -0.370. The van der Waals surface area contributed by atoms with E-state index < -0.39 is 5.60 Å². The molecule has 0 spiro atoms. The Kier molecular flexibility index (Phi) is 5.47. The maximum Gasteiger partial charge on any atom is 0.166 e. The van der Waals surface area contributed by atoms with Gasteiger partial charge in [-0.05, 0) is 19.8 Å². The summed E-state index contributed by atoms with van der Waals surface area (Å²) in [4.78, 5) is 12.0. The van der Waals surface area contributed by atoms with Crippen LogP contribution in [-0.2, 0) is 4.79 Å². The Labute approximate surface area is 99.4 Å². The molecular formula is C14H26O2. The highest BCUT2D eigenvalue weighted by Crippen LogP contribution is 2.24. The molecule has 0 saturated heterocycles. The van der Waals surface area contributed by atoms with E-state index in [4.69, 9.17) is 0 Å². The number of carbonyl (C=O) groups excluding carboxylic acids is 1. The number of rotatable bonds is 0. The van der Waals surface area contributed by atoms with E-state index in [1.807, 2.05) is 6.92 Å². The average Bonchev–Trinajstić information content (AvgIpc) is 2.24. The van der Waals surface area contributed by atoms with Crippen LogP contribution in [0, 0.1) is 5.92 Å². The molecule has 1 aliphatic carbocycles. The third kappa shape index (κ3) is 4.25. The van der Waals surface area contributed by atoms with E-state index in [1.165, 1.54) is 25.7 Å². The molecule has 16 heavy (non-hydrogen) atoms. The Morgan fingerprint density at radius 2 is 1.56 bits per heavy atom. The van der Waals surface area contributed by atoms with Gasteiger partial charge in [-0.2, -0.15) is 0 Å². The van der Waals surface area contributed by atoms with Crippen molar-refractivity contribution in [1.82, 2.24) is 0 Å². The largest absolute Gasteiger partial charge is 0.382 e. The van der Waals surface area contributed by atoms with E-state index >= 15 is 0 Å². The van der Waals surface area contributed by atoms with Gasteiger partial charge in [-0.25, -0.2) is 0 Å². The second-order valence-electron chi connectivity index (χ2n) is 5.55. The highest BCUT2D eigenvalue weighted by molar-refractivity contribution is 5.88. The number of hydrogen-bond donors (Lipinski definition) is 1. The van der Waals surface area contributed by atoms with E-state index in [2.05, 4.69) is 0 Å². The molecule has 0 amide bonds. The molecule has 94 valence electrons. The summed E-state index contributed by atoms with van der Waals surface area (Å²) in [6.45, 7) is 3.65. The van der Waals surface area contributed by atoms with Crippen LogP contribution in [0.15, 0.2) is 0 Å². The molecule has 2 atom stereocenters. The molecule has 1 N–H and O–H groups in total. The average molecular weight is 226 g/mol. The molecule has 1 aliphatic rings. The summed E-state index contributed by atoms with van der Waals surface area (Å²) in [6.07, 6.45) is 9.93. The molecule has 1 rings (SSSR count). The van der Waals surface area contributed by atoms with Gasteiger partial charge in [0.25, 0.3) is 0 Å². The first kappa shape index (κ1) is 13.7. The molecule has 1 saturated carbocycles. The summed E-state index contributed by atoms with van der Waals surface area (Å²) in [5.41, 5.74) is -1.08. The van der Waals surface area contributed by atoms with Crippen molar-refractivity contribution < 1.29 is 9.90 Å². The second-order valence-corrected chi connectivity index (χ2v) is 5.55. The normalized spacial score (nSPS) is 35.2. The van der Waals surface area contributed by atoms with Crippen molar-refractivity contribution in [1.29, 1.82) is 0 Å². The zero-order valence-corrected chi connectivity index (χ0v) is 10.8. The lowest BCUT2D eigenvalue weighted by Crippen LogP contribution is -2.39.